The van der Waals surface area contributed by atoms with Crippen LogP contribution >= 0.6 is 22.7 Å². The molecule has 0 aliphatic carbocycles. The van der Waals surface area contributed by atoms with E-state index in [0.717, 1.165) is 52.9 Å². The molecule has 1 aliphatic rings. The fourth-order valence-corrected chi connectivity index (χ4v) is 6.52. The van der Waals surface area contributed by atoms with Gasteiger partial charge in [-0.1, -0.05) is 6.42 Å². The van der Waals surface area contributed by atoms with Crippen LogP contribution in [0.4, 0.5) is 16.2 Å². The summed E-state index contributed by atoms with van der Waals surface area (Å²) in [7, 11) is 0. The molecule has 2 unspecified atom stereocenters. The van der Waals surface area contributed by atoms with Gasteiger partial charge in [0.25, 0.3) is 0 Å². The summed E-state index contributed by atoms with van der Waals surface area (Å²) in [6, 6.07) is 10.6. The minimum Gasteiger partial charge on any atom is -0.444 e. The fraction of sp³-hybridized carbons (Fsp3) is 0.423. The quantitative estimate of drug-likeness (QED) is 0.319. The minimum atomic E-state index is -0.498. The third-order valence-corrected chi connectivity index (χ3v) is 8.28. The largest absolute Gasteiger partial charge is 0.444 e. The molecular formula is C26H30N4O2S2. The number of thiophene rings is 1. The number of fused-ring (bicyclic) bond motifs is 2. The molecule has 1 aliphatic heterocycles. The Balaban J connectivity index is 1.43. The maximum atomic E-state index is 12.9. The van der Waals surface area contributed by atoms with Gasteiger partial charge in [0.15, 0.2) is 0 Å². The van der Waals surface area contributed by atoms with Crippen LogP contribution in [0.15, 0.2) is 42.0 Å². The van der Waals surface area contributed by atoms with E-state index in [9.17, 15) is 4.79 Å². The Hall–Kier alpha value is -2.71. The number of hydrogen-bond acceptors (Lipinski definition) is 7. The third-order valence-electron chi connectivity index (χ3n) is 6.30. The van der Waals surface area contributed by atoms with Crippen molar-refractivity contribution in [1.29, 1.82) is 0 Å². The molecule has 178 valence electrons. The lowest BCUT2D eigenvalue weighted by molar-refractivity contribution is 0.0168. The fourth-order valence-electron chi connectivity index (χ4n) is 4.61. The zero-order chi connectivity index (χ0) is 23.9. The van der Waals surface area contributed by atoms with Gasteiger partial charge in [-0.25, -0.2) is 14.8 Å². The van der Waals surface area contributed by atoms with Gasteiger partial charge in [-0.15, -0.1) is 22.7 Å². The molecule has 1 aromatic carbocycles. The van der Waals surface area contributed by atoms with Crippen LogP contribution in [0.1, 0.15) is 57.8 Å². The summed E-state index contributed by atoms with van der Waals surface area (Å²) in [5.41, 5.74) is 4.42. The second kappa shape index (κ2) is 9.15. The highest BCUT2D eigenvalue weighted by molar-refractivity contribution is 7.18. The van der Waals surface area contributed by atoms with Crippen LogP contribution in [0.25, 0.3) is 20.4 Å². The molecule has 0 radical (unpaired) electrons. The van der Waals surface area contributed by atoms with E-state index in [1.165, 1.54) is 9.58 Å². The highest BCUT2D eigenvalue weighted by atomic mass is 32.1. The topological polar surface area (TPSA) is 67.4 Å². The summed E-state index contributed by atoms with van der Waals surface area (Å²) in [6.07, 6.45) is 4.78. The molecule has 6 nitrogen and oxygen atoms in total. The number of pyridine rings is 1. The molecule has 1 N–H and O–H groups in total. The molecule has 1 fully saturated rings. The summed E-state index contributed by atoms with van der Waals surface area (Å²) in [4.78, 5) is 26.2. The van der Waals surface area contributed by atoms with Crippen molar-refractivity contribution >= 4 is 60.6 Å². The molecule has 2 atom stereocenters. The van der Waals surface area contributed by atoms with Crippen molar-refractivity contribution in [1.82, 2.24) is 14.9 Å². The van der Waals surface area contributed by atoms with Crippen LogP contribution in [-0.2, 0) is 4.74 Å². The van der Waals surface area contributed by atoms with E-state index in [1.807, 2.05) is 43.4 Å². The first-order valence-corrected chi connectivity index (χ1v) is 13.5. The Bertz CT molecular complexity index is 1320. The number of carbonyl (C=O) groups is 1. The van der Waals surface area contributed by atoms with E-state index in [1.54, 1.807) is 22.7 Å². The molecule has 8 heteroatoms. The van der Waals surface area contributed by atoms with E-state index < -0.39 is 5.60 Å². The second-order valence-corrected chi connectivity index (χ2v) is 11.9. The summed E-state index contributed by atoms with van der Waals surface area (Å²) < 4.78 is 6.90. The molecule has 1 saturated heterocycles. The first-order chi connectivity index (χ1) is 16.3. The van der Waals surface area contributed by atoms with Crippen molar-refractivity contribution in [3.05, 3.63) is 46.9 Å². The summed E-state index contributed by atoms with van der Waals surface area (Å²) >= 11 is 3.38. The zero-order valence-electron chi connectivity index (χ0n) is 20.0. The number of thiazole rings is 1. The standard InChI is InChI=1S/C26H30N4O2S2/c1-16-18(7-5-6-12-30(16)25(31)32-26(2,3)4)23-14-19-20(10-11-27-24(19)34-23)29-17-8-9-22-21(13-17)28-15-33-22/h8-11,13-16,18H,5-7,12H2,1-4H3,(H,27,29). The lowest BCUT2D eigenvalue weighted by atomic mass is 9.94. The zero-order valence-corrected chi connectivity index (χ0v) is 21.6. The predicted octanol–water partition coefficient (Wildman–Crippen LogP) is 7.54. The minimum absolute atomic E-state index is 0.0638. The van der Waals surface area contributed by atoms with Gasteiger partial charge in [0, 0.05) is 40.7 Å². The number of carbonyl (C=O) groups excluding carboxylic acids is 1. The van der Waals surface area contributed by atoms with Crippen molar-refractivity contribution in [2.24, 2.45) is 0 Å². The number of anilines is 2. The van der Waals surface area contributed by atoms with Crippen molar-refractivity contribution < 1.29 is 9.53 Å². The number of benzene rings is 1. The molecule has 3 aromatic heterocycles. The average molecular weight is 495 g/mol. The van der Waals surface area contributed by atoms with Gasteiger partial charge >= 0.3 is 6.09 Å². The van der Waals surface area contributed by atoms with Gasteiger partial charge in [0.1, 0.15) is 10.4 Å². The summed E-state index contributed by atoms with van der Waals surface area (Å²) in [5, 5.41) is 4.68. The molecular weight excluding hydrogens is 464 g/mol. The Morgan fingerprint density at radius 3 is 2.85 bits per heavy atom. The van der Waals surface area contributed by atoms with Gasteiger partial charge in [-0.05, 0) is 70.9 Å². The Labute approximate surface area is 208 Å². The number of hydrogen-bond donors (Lipinski definition) is 1. The van der Waals surface area contributed by atoms with E-state index >= 15 is 0 Å². The van der Waals surface area contributed by atoms with Crippen molar-refractivity contribution in [3.8, 4) is 0 Å². The first kappa shape index (κ1) is 23.1. The van der Waals surface area contributed by atoms with Crippen LogP contribution in [0, 0.1) is 0 Å². The number of aromatic nitrogens is 2. The van der Waals surface area contributed by atoms with Crippen LogP contribution in [0.2, 0.25) is 0 Å². The number of likely N-dealkylation sites (tertiary alicyclic amines) is 1. The van der Waals surface area contributed by atoms with E-state index in [2.05, 4.69) is 46.5 Å². The van der Waals surface area contributed by atoms with Crippen LogP contribution in [0.5, 0.6) is 0 Å². The molecule has 34 heavy (non-hydrogen) atoms. The summed E-state index contributed by atoms with van der Waals surface area (Å²) in [6.45, 7) is 8.65. The lowest BCUT2D eigenvalue weighted by Crippen LogP contribution is -2.44. The Morgan fingerprint density at radius 2 is 2.03 bits per heavy atom. The average Bonchev–Trinajstić information content (AvgIpc) is 3.37. The van der Waals surface area contributed by atoms with Crippen molar-refractivity contribution in [3.63, 3.8) is 0 Å². The van der Waals surface area contributed by atoms with E-state index in [-0.39, 0.29) is 18.1 Å². The van der Waals surface area contributed by atoms with Gasteiger partial charge in [0.05, 0.1) is 21.4 Å². The molecule has 1 amide bonds. The highest BCUT2D eigenvalue weighted by Gasteiger charge is 2.34. The summed E-state index contributed by atoms with van der Waals surface area (Å²) in [5.74, 6) is 0.258. The molecule has 5 rings (SSSR count). The van der Waals surface area contributed by atoms with Gasteiger partial charge in [0.2, 0.25) is 0 Å². The van der Waals surface area contributed by atoms with Gasteiger partial charge < -0.3 is 15.0 Å². The van der Waals surface area contributed by atoms with E-state index in [4.69, 9.17) is 4.74 Å². The van der Waals surface area contributed by atoms with Crippen LogP contribution in [-0.4, -0.2) is 39.1 Å². The monoisotopic (exact) mass is 494 g/mol. The van der Waals surface area contributed by atoms with E-state index in [0.29, 0.717) is 0 Å². The van der Waals surface area contributed by atoms with Crippen molar-refractivity contribution in [2.75, 3.05) is 11.9 Å². The number of nitrogens with one attached hydrogen (secondary N) is 1. The number of ether oxygens (including phenoxy) is 1. The maximum absolute atomic E-state index is 12.9. The highest BCUT2D eigenvalue weighted by Crippen LogP contribution is 2.40. The molecule has 4 heterocycles. The number of nitrogens with zero attached hydrogens (tertiary/aromatic N) is 3. The van der Waals surface area contributed by atoms with Crippen molar-refractivity contribution in [2.45, 2.75) is 64.5 Å². The SMILES string of the molecule is CC1C(c2cc3c(Nc4ccc5scnc5c4)ccnc3s2)CCCCN1C(=O)OC(C)(C)C. The molecule has 4 aromatic rings. The smallest absolute Gasteiger partial charge is 0.410 e. The first-order valence-electron chi connectivity index (χ1n) is 11.8. The van der Waals surface area contributed by atoms with Crippen LogP contribution in [0.3, 0.4) is 0 Å². The Morgan fingerprint density at radius 1 is 1.18 bits per heavy atom. The number of rotatable bonds is 3. The lowest BCUT2D eigenvalue weighted by Gasteiger charge is -2.33. The second-order valence-electron chi connectivity index (χ2n) is 9.90. The molecule has 0 spiro atoms. The van der Waals surface area contributed by atoms with Crippen LogP contribution < -0.4 is 5.32 Å². The molecule has 0 saturated carbocycles. The molecule has 0 bridgehead atoms. The number of amides is 1. The maximum Gasteiger partial charge on any atom is 0.410 e. The normalized spacial score (nSPS) is 19.4. The third kappa shape index (κ3) is 4.74. The van der Waals surface area contributed by atoms with Gasteiger partial charge in [-0.3, -0.25) is 0 Å². The van der Waals surface area contributed by atoms with Gasteiger partial charge in [-0.2, -0.15) is 0 Å². The predicted molar refractivity (Wildman–Crippen MR) is 142 cm³/mol. The Kier molecular flexibility index (Phi) is 6.20.